The van der Waals surface area contributed by atoms with Crippen molar-refractivity contribution >= 4 is 16.9 Å². The molecule has 138 valence electrons. The third kappa shape index (κ3) is 1.80. The third-order valence-corrected chi connectivity index (χ3v) is 7.37. The van der Waals surface area contributed by atoms with E-state index >= 15 is 0 Å². The van der Waals surface area contributed by atoms with Gasteiger partial charge in [0.05, 0.1) is 31.4 Å². The topological polar surface area (TPSA) is 55.9 Å². The fourth-order valence-electron chi connectivity index (χ4n) is 6.31. The predicted molar refractivity (Wildman–Crippen MR) is 97.9 cm³/mol. The van der Waals surface area contributed by atoms with Crippen molar-refractivity contribution in [3.8, 4) is 0 Å². The maximum Gasteiger partial charge on any atom is 0.359 e. The highest BCUT2D eigenvalue weighted by atomic mass is 16.5. The number of carbonyl (C=O) groups is 1. The summed E-state index contributed by atoms with van der Waals surface area (Å²) in [5, 5.41) is 12.9. The van der Waals surface area contributed by atoms with Gasteiger partial charge in [0.15, 0.2) is 0 Å². The first-order valence-corrected chi connectivity index (χ1v) is 9.84. The van der Waals surface area contributed by atoms with Crippen LogP contribution in [-0.4, -0.2) is 35.8 Å². The molecule has 1 saturated heterocycles. The van der Waals surface area contributed by atoms with Crippen LogP contribution in [0.15, 0.2) is 24.3 Å². The molecule has 3 aliphatic heterocycles. The molecule has 1 unspecified atom stereocenters. The Morgan fingerprint density at radius 3 is 2.96 bits per heavy atom. The van der Waals surface area contributed by atoms with Crippen molar-refractivity contribution in [1.82, 2.24) is 4.57 Å². The van der Waals surface area contributed by atoms with Crippen LogP contribution in [0.2, 0.25) is 0 Å². The van der Waals surface area contributed by atoms with Gasteiger partial charge >= 0.3 is 5.97 Å². The molecule has 0 aliphatic carbocycles. The van der Waals surface area contributed by atoms with Gasteiger partial charge in [-0.1, -0.05) is 25.1 Å². The largest absolute Gasteiger partial charge is 0.465 e. The van der Waals surface area contributed by atoms with Crippen LogP contribution in [0.25, 0.3) is 10.9 Å². The molecule has 5 heteroatoms. The lowest BCUT2D eigenvalue weighted by Crippen LogP contribution is -3.16. The van der Waals surface area contributed by atoms with Crippen LogP contribution >= 0.6 is 0 Å². The van der Waals surface area contributed by atoms with Crippen molar-refractivity contribution in [2.75, 3.05) is 20.2 Å². The number of methoxy groups -OCH3 is 1. The molecule has 0 bridgehead atoms. The summed E-state index contributed by atoms with van der Waals surface area (Å²) in [7, 11) is 1.38. The summed E-state index contributed by atoms with van der Waals surface area (Å²) < 4.78 is 7.04. The van der Waals surface area contributed by atoms with Gasteiger partial charge in [0.25, 0.3) is 0 Å². The maximum absolute atomic E-state index is 12.8. The number of ether oxygens (including phenoxy) is 1. The van der Waals surface area contributed by atoms with Gasteiger partial charge in [-0.2, -0.15) is 0 Å². The average Bonchev–Trinajstić information content (AvgIpc) is 3.02. The summed E-state index contributed by atoms with van der Waals surface area (Å²) in [5.74, 6) is -0.537. The fourth-order valence-corrected chi connectivity index (χ4v) is 6.31. The average molecular weight is 355 g/mol. The Labute approximate surface area is 153 Å². The summed E-state index contributed by atoms with van der Waals surface area (Å²) in [6, 6.07) is 8.57. The van der Waals surface area contributed by atoms with Crippen molar-refractivity contribution < 1.29 is 19.5 Å². The number of carbonyl (C=O) groups excluding carboxylic acids is 1. The van der Waals surface area contributed by atoms with Crippen molar-refractivity contribution in [2.45, 2.75) is 50.8 Å². The van der Waals surface area contributed by atoms with E-state index < -0.39 is 11.7 Å². The van der Waals surface area contributed by atoms with E-state index in [4.69, 9.17) is 4.74 Å². The van der Waals surface area contributed by atoms with Crippen LogP contribution in [0, 0.1) is 5.41 Å². The Morgan fingerprint density at radius 2 is 2.19 bits per heavy atom. The Kier molecular flexibility index (Phi) is 3.35. The number of piperidine rings is 1. The molecular formula is C21H27N2O3+. The molecule has 3 aliphatic rings. The number of quaternary nitrogens is 1. The standard InChI is InChI=1S/C21H26N2O3/c1-3-20-10-6-11-22-12-9-15-14-7-4-5-8-16(14)23(17(15)18(20)22)21(25,13-20)19(24)26-2/h4-5,7-8,18,25H,3,6,9-13H2,1-2H3/p+1/t18-,20+,21-/m1/s1. The van der Waals surface area contributed by atoms with Crippen LogP contribution in [0.4, 0.5) is 0 Å². The number of hydrogen-bond acceptors (Lipinski definition) is 3. The Hall–Kier alpha value is -1.85. The van der Waals surface area contributed by atoms with Crippen LogP contribution < -0.4 is 4.90 Å². The highest BCUT2D eigenvalue weighted by Crippen LogP contribution is 2.56. The molecule has 1 fully saturated rings. The molecule has 1 aromatic heterocycles. The first-order chi connectivity index (χ1) is 12.6. The SMILES string of the molecule is CC[C@]12CCC[NH+]3CCc4c(n(c5ccccc45)[C@](O)(C(=O)OC)C1)[C@@H]32. The van der Waals surface area contributed by atoms with Gasteiger partial charge in [-0.05, 0) is 30.9 Å². The molecule has 0 spiro atoms. The van der Waals surface area contributed by atoms with Gasteiger partial charge in [-0.25, -0.2) is 4.79 Å². The van der Waals surface area contributed by atoms with Crippen LogP contribution in [0.3, 0.4) is 0 Å². The Balaban J connectivity index is 1.89. The lowest BCUT2D eigenvalue weighted by molar-refractivity contribution is -0.950. The minimum absolute atomic E-state index is 0.0456. The molecular weight excluding hydrogens is 328 g/mol. The summed E-state index contributed by atoms with van der Waals surface area (Å²) in [4.78, 5) is 14.5. The van der Waals surface area contributed by atoms with Gasteiger partial charge in [-0.3, -0.25) is 0 Å². The molecule has 2 aromatic rings. The van der Waals surface area contributed by atoms with Crippen LogP contribution in [0.1, 0.15) is 49.9 Å². The Bertz CT molecular complexity index is 904. The van der Waals surface area contributed by atoms with E-state index in [1.807, 2.05) is 16.7 Å². The van der Waals surface area contributed by atoms with Crippen molar-refractivity contribution in [2.24, 2.45) is 5.41 Å². The number of aromatic nitrogens is 1. The summed E-state index contributed by atoms with van der Waals surface area (Å²) >= 11 is 0. The van der Waals surface area contributed by atoms with Gasteiger partial charge in [-0.15, -0.1) is 0 Å². The van der Waals surface area contributed by atoms with Gasteiger partial charge < -0.3 is 19.3 Å². The normalized spacial score (nSPS) is 35.2. The second-order valence-corrected chi connectivity index (χ2v) is 8.36. The molecule has 26 heavy (non-hydrogen) atoms. The molecule has 2 N–H and O–H groups in total. The first kappa shape index (κ1) is 16.3. The number of para-hydroxylation sites is 1. The molecule has 1 aromatic carbocycles. The van der Waals surface area contributed by atoms with Crippen LogP contribution in [0.5, 0.6) is 0 Å². The van der Waals surface area contributed by atoms with Gasteiger partial charge in [0.2, 0.25) is 5.72 Å². The Morgan fingerprint density at radius 1 is 1.38 bits per heavy atom. The molecule has 4 atom stereocenters. The number of nitrogens with zero attached hydrogens (tertiary/aromatic N) is 1. The van der Waals surface area contributed by atoms with E-state index in [0.29, 0.717) is 12.5 Å². The second-order valence-electron chi connectivity index (χ2n) is 8.36. The predicted octanol–water partition coefficient (Wildman–Crippen LogP) is 1.54. The monoisotopic (exact) mass is 355 g/mol. The second kappa shape index (κ2) is 5.33. The van der Waals surface area contributed by atoms with Crippen molar-refractivity contribution in [3.63, 3.8) is 0 Å². The zero-order valence-corrected chi connectivity index (χ0v) is 15.5. The number of nitrogens with one attached hydrogen (secondary N) is 1. The zero-order valence-electron chi connectivity index (χ0n) is 15.5. The van der Waals surface area contributed by atoms with E-state index in [-0.39, 0.29) is 5.41 Å². The van der Waals surface area contributed by atoms with E-state index in [1.54, 1.807) is 4.90 Å². The molecule has 4 heterocycles. The summed E-state index contributed by atoms with van der Waals surface area (Å²) in [5.41, 5.74) is 1.82. The van der Waals surface area contributed by atoms with Crippen molar-refractivity contribution in [3.05, 3.63) is 35.5 Å². The molecule has 5 rings (SSSR count). The minimum Gasteiger partial charge on any atom is -0.465 e. The molecule has 5 nitrogen and oxygen atoms in total. The van der Waals surface area contributed by atoms with E-state index in [1.165, 1.54) is 30.3 Å². The molecule has 0 radical (unpaired) electrons. The van der Waals surface area contributed by atoms with Crippen LogP contribution in [-0.2, 0) is 21.7 Å². The number of benzene rings is 1. The van der Waals surface area contributed by atoms with E-state index in [0.717, 1.165) is 37.7 Å². The summed E-state index contributed by atoms with van der Waals surface area (Å²) in [6.07, 6.45) is 4.65. The number of rotatable bonds is 2. The van der Waals surface area contributed by atoms with E-state index in [2.05, 4.69) is 19.1 Å². The highest BCUT2D eigenvalue weighted by molar-refractivity contribution is 5.89. The smallest absolute Gasteiger partial charge is 0.359 e. The first-order valence-electron chi connectivity index (χ1n) is 9.84. The maximum atomic E-state index is 12.8. The molecule has 0 amide bonds. The van der Waals surface area contributed by atoms with Gasteiger partial charge in [0, 0.05) is 23.6 Å². The highest BCUT2D eigenvalue weighted by Gasteiger charge is 2.62. The summed E-state index contributed by atoms with van der Waals surface area (Å²) in [6.45, 7) is 4.54. The number of fused-ring (bicyclic) bond motifs is 3. The van der Waals surface area contributed by atoms with Crippen molar-refractivity contribution in [1.29, 1.82) is 0 Å². The quantitative estimate of drug-likeness (QED) is 0.804. The lowest BCUT2D eigenvalue weighted by atomic mass is 9.62. The van der Waals surface area contributed by atoms with Gasteiger partial charge in [0.1, 0.15) is 6.04 Å². The number of hydrogen-bond donors (Lipinski definition) is 2. The lowest BCUT2D eigenvalue weighted by Gasteiger charge is -2.55. The number of esters is 1. The third-order valence-electron chi connectivity index (χ3n) is 7.37. The van der Waals surface area contributed by atoms with E-state index in [9.17, 15) is 9.90 Å². The zero-order chi connectivity index (χ0) is 18.1. The number of aliphatic hydroxyl groups is 1. The molecule has 0 saturated carbocycles. The fraction of sp³-hybridized carbons (Fsp3) is 0.571. The minimum atomic E-state index is -1.62.